The molecule has 1 heterocycles. The molecule has 0 spiro atoms. The van der Waals surface area contributed by atoms with Crippen LogP contribution in [0.2, 0.25) is 0 Å². The normalized spacial score (nSPS) is 15.8. The average Bonchev–Trinajstić information content (AvgIpc) is 2.53. The van der Waals surface area contributed by atoms with Crippen molar-refractivity contribution in [3.63, 3.8) is 0 Å². The lowest BCUT2D eigenvalue weighted by Gasteiger charge is -2.28. The number of rotatable bonds is 2. The number of aliphatic hydroxyl groups excluding tert-OH is 1. The Balaban J connectivity index is 2.08. The maximum Gasteiger partial charge on any atom is 0.276 e. The Morgan fingerprint density at radius 1 is 1.17 bits per heavy atom. The molecule has 3 rings (SSSR count). The van der Waals surface area contributed by atoms with Crippen molar-refractivity contribution in [3.8, 4) is 0 Å². The van der Waals surface area contributed by atoms with Gasteiger partial charge in [0.2, 0.25) is 0 Å². The molecular weight excluding hydrogens is 396 g/mol. The van der Waals surface area contributed by atoms with Gasteiger partial charge in [0.25, 0.3) is 15.9 Å². The first-order valence-corrected chi connectivity index (χ1v) is 9.14. The summed E-state index contributed by atoms with van der Waals surface area (Å²) < 4.78 is 26.7. The molecule has 0 saturated heterocycles. The summed E-state index contributed by atoms with van der Waals surface area (Å²) in [6.07, 6.45) is 0. The van der Waals surface area contributed by atoms with E-state index in [1.165, 1.54) is 19.2 Å². The topological polar surface area (TPSA) is 86.7 Å². The third-order valence-electron chi connectivity index (χ3n) is 3.62. The second kappa shape index (κ2) is 5.95. The van der Waals surface area contributed by atoms with Crippen molar-refractivity contribution >= 4 is 43.3 Å². The quantitative estimate of drug-likeness (QED) is 0.799. The molecular formula is C16H13BrN2O4S. The average molecular weight is 409 g/mol. The van der Waals surface area contributed by atoms with Crippen LogP contribution in [0.3, 0.4) is 0 Å². The molecule has 0 atom stereocenters. The maximum atomic E-state index is 12.6. The van der Waals surface area contributed by atoms with E-state index in [1.54, 1.807) is 36.4 Å². The first-order valence-electron chi connectivity index (χ1n) is 6.91. The second-order valence-electron chi connectivity index (χ2n) is 5.13. The van der Waals surface area contributed by atoms with Crippen LogP contribution in [0.4, 0.5) is 5.69 Å². The number of nitrogens with one attached hydrogen (secondary N) is 1. The van der Waals surface area contributed by atoms with Gasteiger partial charge in [-0.1, -0.05) is 34.1 Å². The number of hydrogen-bond donors (Lipinski definition) is 2. The van der Waals surface area contributed by atoms with Crippen molar-refractivity contribution < 1.29 is 18.3 Å². The minimum Gasteiger partial charge on any atom is -0.505 e. The summed E-state index contributed by atoms with van der Waals surface area (Å²) in [5.74, 6) is -1.10. The van der Waals surface area contributed by atoms with E-state index >= 15 is 0 Å². The van der Waals surface area contributed by atoms with E-state index in [9.17, 15) is 18.3 Å². The molecule has 0 saturated carbocycles. The zero-order chi connectivity index (χ0) is 17.5. The van der Waals surface area contributed by atoms with E-state index in [4.69, 9.17) is 0 Å². The second-order valence-corrected chi connectivity index (χ2v) is 7.98. The number of anilines is 1. The Bertz CT molecular complexity index is 970. The molecule has 0 radical (unpaired) electrons. The van der Waals surface area contributed by atoms with E-state index in [0.717, 1.165) is 8.78 Å². The van der Waals surface area contributed by atoms with E-state index in [2.05, 4.69) is 21.2 Å². The van der Waals surface area contributed by atoms with E-state index in [-0.39, 0.29) is 21.9 Å². The van der Waals surface area contributed by atoms with Gasteiger partial charge in [-0.2, -0.15) is 0 Å². The van der Waals surface area contributed by atoms with Crippen LogP contribution in [0.25, 0.3) is 5.76 Å². The van der Waals surface area contributed by atoms with E-state index in [1.807, 2.05) is 0 Å². The molecule has 2 aromatic carbocycles. The van der Waals surface area contributed by atoms with Gasteiger partial charge in [0.05, 0.1) is 4.90 Å². The molecule has 2 aromatic rings. The summed E-state index contributed by atoms with van der Waals surface area (Å²) in [7, 11) is -2.67. The third kappa shape index (κ3) is 2.67. The standard InChI is InChI=1S/C16H13BrN2O4S/c1-19-14(16(21)18-11-6-4-5-10(17)9-11)15(20)12-7-2-3-8-13(12)24(19,22)23/h2-9,20H,1H3,(H,18,21). The summed E-state index contributed by atoms with van der Waals surface area (Å²) in [4.78, 5) is 12.5. The van der Waals surface area contributed by atoms with E-state index < -0.39 is 15.9 Å². The SMILES string of the molecule is CN1C(C(=O)Nc2cccc(Br)c2)=C(O)c2ccccc2S1(=O)=O. The van der Waals surface area contributed by atoms with Gasteiger partial charge in [-0.15, -0.1) is 0 Å². The first kappa shape index (κ1) is 16.5. The number of aliphatic hydroxyl groups is 1. The van der Waals surface area contributed by atoms with Crippen molar-refractivity contribution in [1.82, 2.24) is 4.31 Å². The Morgan fingerprint density at radius 2 is 1.88 bits per heavy atom. The van der Waals surface area contributed by atoms with Crippen molar-refractivity contribution in [2.45, 2.75) is 4.90 Å². The number of amides is 1. The lowest BCUT2D eigenvalue weighted by molar-refractivity contribution is -0.113. The van der Waals surface area contributed by atoms with Crippen molar-refractivity contribution in [2.24, 2.45) is 0 Å². The molecule has 6 nitrogen and oxygen atoms in total. The number of halogens is 1. The highest BCUT2D eigenvalue weighted by molar-refractivity contribution is 9.10. The van der Waals surface area contributed by atoms with Gasteiger partial charge in [0, 0.05) is 22.8 Å². The smallest absolute Gasteiger partial charge is 0.276 e. The number of sulfonamides is 1. The zero-order valence-corrected chi connectivity index (χ0v) is 14.9. The fourth-order valence-electron chi connectivity index (χ4n) is 2.44. The Hall–Kier alpha value is -2.32. The number of nitrogens with zero attached hydrogens (tertiary/aromatic N) is 1. The molecule has 2 N–H and O–H groups in total. The largest absolute Gasteiger partial charge is 0.505 e. The van der Waals surface area contributed by atoms with Gasteiger partial charge in [-0.05, 0) is 30.3 Å². The summed E-state index contributed by atoms with van der Waals surface area (Å²) in [5.41, 5.74) is 0.253. The van der Waals surface area contributed by atoms with Gasteiger partial charge in [0.1, 0.15) is 0 Å². The van der Waals surface area contributed by atoms with Crippen LogP contribution in [0.15, 0.2) is 63.6 Å². The molecule has 1 aliphatic rings. The van der Waals surface area contributed by atoms with Crippen LogP contribution in [-0.4, -0.2) is 30.8 Å². The monoisotopic (exact) mass is 408 g/mol. The predicted molar refractivity (Wildman–Crippen MR) is 93.7 cm³/mol. The van der Waals surface area contributed by atoms with Gasteiger partial charge in [0.15, 0.2) is 11.5 Å². The Morgan fingerprint density at radius 3 is 2.58 bits per heavy atom. The van der Waals surface area contributed by atoms with E-state index in [0.29, 0.717) is 5.69 Å². The molecule has 0 unspecified atom stereocenters. The number of carbonyl (C=O) groups is 1. The number of hydrogen-bond acceptors (Lipinski definition) is 4. The van der Waals surface area contributed by atoms with Crippen LogP contribution in [0, 0.1) is 0 Å². The number of likely N-dealkylation sites (N-methyl/N-ethyl adjacent to an activating group) is 1. The number of benzene rings is 2. The lowest BCUT2D eigenvalue weighted by Crippen LogP contribution is -2.37. The van der Waals surface area contributed by atoms with Crippen LogP contribution in [0.5, 0.6) is 0 Å². The molecule has 24 heavy (non-hydrogen) atoms. The van der Waals surface area contributed by atoms with Crippen LogP contribution < -0.4 is 5.32 Å². The van der Waals surface area contributed by atoms with Gasteiger partial charge < -0.3 is 10.4 Å². The Labute approximate surface area is 147 Å². The van der Waals surface area contributed by atoms with Gasteiger partial charge in [-0.25, -0.2) is 8.42 Å². The highest BCUT2D eigenvalue weighted by atomic mass is 79.9. The summed E-state index contributed by atoms with van der Waals surface area (Å²) in [5, 5.41) is 13.0. The highest BCUT2D eigenvalue weighted by Crippen LogP contribution is 2.34. The number of fused-ring (bicyclic) bond motifs is 1. The maximum absolute atomic E-state index is 12.6. The molecule has 1 amide bonds. The highest BCUT2D eigenvalue weighted by Gasteiger charge is 2.37. The van der Waals surface area contributed by atoms with Crippen molar-refractivity contribution in [1.29, 1.82) is 0 Å². The summed E-state index contributed by atoms with van der Waals surface area (Å²) >= 11 is 3.29. The van der Waals surface area contributed by atoms with Gasteiger partial charge >= 0.3 is 0 Å². The first-order chi connectivity index (χ1) is 11.3. The third-order valence-corrected chi connectivity index (χ3v) is 5.93. The van der Waals surface area contributed by atoms with Crippen molar-refractivity contribution in [2.75, 3.05) is 12.4 Å². The van der Waals surface area contributed by atoms with Crippen molar-refractivity contribution in [3.05, 3.63) is 64.3 Å². The fraction of sp³-hybridized carbons (Fsp3) is 0.0625. The number of carbonyl (C=O) groups excluding carboxylic acids is 1. The van der Waals surface area contributed by atoms with Crippen LogP contribution in [-0.2, 0) is 14.8 Å². The summed E-state index contributed by atoms with van der Waals surface area (Å²) in [6.45, 7) is 0. The molecule has 0 aromatic heterocycles. The Kier molecular flexibility index (Phi) is 4.10. The lowest BCUT2D eigenvalue weighted by atomic mass is 10.1. The summed E-state index contributed by atoms with van der Waals surface area (Å²) in [6, 6.07) is 12.8. The predicted octanol–water partition coefficient (Wildman–Crippen LogP) is 2.95. The molecule has 0 fully saturated rings. The van der Waals surface area contributed by atoms with Crippen LogP contribution >= 0.6 is 15.9 Å². The molecule has 0 aliphatic carbocycles. The fourth-order valence-corrected chi connectivity index (χ4v) is 4.24. The molecule has 8 heteroatoms. The minimum atomic E-state index is -3.90. The van der Waals surface area contributed by atoms with Crippen LogP contribution in [0.1, 0.15) is 5.56 Å². The minimum absolute atomic E-state index is 0.0380. The molecule has 1 aliphatic heterocycles. The zero-order valence-electron chi connectivity index (χ0n) is 12.5. The van der Waals surface area contributed by atoms with Gasteiger partial charge in [-0.3, -0.25) is 9.10 Å². The molecule has 124 valence electrons. The molecule has 0 bridgehead atoms.